The van der Waals surface area contributed by atoms with Crippen LogP contribution in [-0.2, 0) is 17.9 Å². The van der Waals surface area contributed by atoms with Crippen molar-refractivity contribution in [2.75, 3.05) is 0 Å². The normalized spacial score (nSPS) is 10.3. The second-order valence-corrected chi connectivity index (χ2v) is 5.58. The van der Waals surface area contributed by atoms with Gasteiger partial charge in [-0.05, 0) is 43.7 Å². The maximum absolute atomic E-state index is 12.0. The van der Waals surface area contributed by atoms with Gasteiger partial charge in [-0.1, -0.05) is 18.2 Å². The monoisotopic (exact) mass is 327 g/mol. The fourth-order valence-electron chi connectivity index (χ4n) is 1.96. The summed E-state index contributed by atoms with van der Waals surface area (Å²) in [5, 5.41) is 5.50. The molecule has 2 rings (SSSR count). The molecule has 0 radical (unpaired) electrons. The number of amides is 2. The summed E-state index contributed by atoms with van der Waals surface area (Å²) in [4.78, 5) is 27.6. The fourth-order valence-corrected chi connectivity index (χ4v) is 1.96. The molecule has 2 N–H and O–H groups in total. The molecule has 0 aliphatic rings. The van der Waals surface area contributed by atoms with E-state index in [4.69, 9.17) is 4.74 Å². The van der Waals surface area contributed by atoms with E-state index in [1.807, 2.05) is 19.9 Å². The lowest BCUT2D eigenvalue weighted by atomic mass is 10.1. The van der Waals surface area contributed by atoms with Gasteiger partial charge in [-0.3, -0.25) is 4.98 Å². The molecule has 0 saturated carbocycles. The number of aromatic nitrogens is 1. The third-order valence-corrected chi connectivity index (χ3v) is 3.14. The maximum atomic E-state index is 12.0. The number of nitrogens with zero attached hydrogens (tertiary/aromatic N) is 1. The van der Waals surface area contributed by atoms with Gasteiger partial charge >= 0.3 is 12.0 Å². The Morgan fingerprint density at radius 1 is 1.12 bits per heavy atom. The Balaban J connectivity index is 1.82. The van der Waals surface area contributed by atoms with Crippen molar-refractivity contribution < 1.29 is 14.3 Å². The van der Waals surface area contributed by atoms with Crippen LogP contribution in [0.3, 0.4) is 0 Å². The third kappa shape index (κ3) is 5.72. The molecule has 2 amide bonds. The molecule has 0 spiro atoms. The van der Waals surface area contributed by atoms with Gasteiger partial charge in [-0.2, -0.15) is 0 Å². The van der Waals surface area contributed by atoms with Crippen LogP contribution in [0, 0.1) is 0 Å². The van der Waals surface area contributed by atoms with Gasteiger partial charge in [0.15, 0.2) is 0 Å². The molecule has 0 aliphatic carbocycles. The van der Waals surface area contributed by atoms with Crippen molar-refractivity contribution in [3.8, 4) is 0 Å². The van der Waals surface area contributed by atoms with Crippen molar-refractivity contribution in [2.45, 2.75) is 33.0 Å². The van der Waals surface area contributed by atoms with Crippen molar-refractivity contribution in [3.05, 3.63) is 65.5 Å². The summed E-state index contributed by atoms with van der Waals surface area (Å²) < 4.78 is 5.21. The van der Waals surface area contributed by atoms with Gasteiger partial charge < -0.3 is 15.4 Å². The third-order valence-electron chi connectivity index (χ3n) is 3.14. The summed E-state index contributed by atoms with van der Waals surface area (Å²) in [6.07, 6.45) is 1.65. The number of benzene rings is 1. The van der Waals surface area contributed by atoms with E-state index in [0.29, 0.717) is 17.8 Å². The standard InChI is InChI=1S/C18H21N3O3/c1-13(2)21-18(23)20-11-14-6-8-15(9-7-14)17(22)24-12-16-5-3-4-10-19-16/h3-10,13H,11-12H2,1-2H3,(H2,20,21,23). The summed E-state index contributed by atoms with van der Waals surface area (Å²) in [6, 6.07) is 12.2. The molecule has 1 aromatic heterocycles. The van der Waals surface area contributed by atoms with E-state index in [1.165, 1.54) is 0 Å². The lowest BCUT2D eigenvalue weighted by molar-refractivity contribution is 0.0467. The van der Waals surface area contributed by atoms with E-state index in [-0.39, 0.29) is 18.7 Å². The van der Waals surface area contributed by atoms with Crippen LogP contribution in [0.5, 0.6) is 0 Å². The van der Waals surface area contributed by atoms with Gasteiger partial charge in [0.1, 0.15) is 6.61 Å². The number of esters is 1. The predicted molar refractivity (Wildman–Crippen MR) is 90.3 cm³/mol. The highest BCUT2D eigenvalue weighted by Gasteiger charge is 2.08. The van der Waals surface area contributed by atoms with Crippen molar-refractivity contribution in [2.24, 2.45) is 0 Å². The molecule has 1 heterocycles. The van der Waals surface area contributed by atoms with Crippen LogP contribution in [0.15, 0.2) is 48.7 Å². The lowest BCUT2D eigenvalue weighted by Gasteiger charge is -2.10. The largest absolute Gasteiger partial charge is 0.456 e. The minimum absolute atomic E-state index is 0.0845. The first-order chi connectivity index (χ1) is 11.5. The highest BCUT2D eigenvalue weighted by molar-refractivity contribution is 5.89. The number of hydrogen-bond acceptors (Lipinski definition) is 4. The van der Waals surface area contributed by atoms with E-state index in [2.05, 4.69) is 15.6 Å². The molecular formula is C18H21N3O3. The smallest absolute Gasteiger partial charge is 0.338 e. The lowest BCUT2D eigenvalue weighted by Crippen LogP contribution is -2.39. The summed E-state index contributed by atoms with van der Waals surface area (Å²) >= 11 is 0. The van der Waals surface area contributed by atoms with E-state index in [0.717, 1.165) is 5.56 Å². The summed E-state index contributed by atoms with van der Waals surface area (Å²) in [5.74, 6) is -0.405. The molecule has 126 valence electrons. The summed E-state index contributed by atoms with van der Waals surface area (Å²) in [6.45, 7) is 4.32. The Kier molecular flexibility index (Phi) is 6.31. The highest BCUT2D eigenvalue weighted by Crippen LogP contribution is 2.07. The number of nitrogens with one attached hydrogen (secondary N) is 2. The SMILES string of the molecule is CC(C)NC(=O)NCc1ccc(C(=O)OCc2ccccn2)cc1. The van der Waals surface area contributed by atoms with Gasteiger partial charge in [0.05, 0.1) is 11.3 Å². The van der Waals surface area contributed by atoms with Crippen molar-refractivity contribution in [3.63, 3.8) is 0 Å². The summed E-state index contributed by atoms with van der Waals surface area (Å²) in [5.41, 5.74) is 2.05. The number of hydrogen-bond donors (Lipinski definition) is 2. The Bertz CT molecular complexity index is 670. The van der Waals surface area contributed by atoms with Crippen LogP contribution in [0.1, 0.15) is 35.5 Å². The molecule has 2 aromatic rings. The van der Waals surface area contributed by atoms with E-state index in [1.54, 1.807) is 42.6 Å². The number of carbonyl (C=O) groups excluding carboxylic acids is 2. The quantitative estimate of drug-likeness (QED) is 0.799. The predicted octanol–water partition coefficient (Wildman–Crippen LogP) is 2.65. The summed E-state index contributed by atoms with van der Waals surface area (Å²) in [7, 11) is 0. The average molecular weight is 327 g/mol. The topological polar surface area (TPSA) is 80.3 Å². The molecule has 24 heavy (non-hydrogen) atoms. The van der Waals surface area contributed by atoms with Gasteiger partial charge in [0.25, 0.3) is 0 Å². The fraction of sp³-hybridized carbons (Fsp3) is 0.278. The van der Waals surface area contributed by atoms with Crippen molar-refractivity contribution >= 4 is 12.0 Å². The highest BCUT2D eigenvalue weighted by atomic mass is 16.5. The van der Waals surface area contributed by atoms with Crippen LogP contribution in [0.2, 0.25) is 0 Å². The first kappa shape index (κ1) is 17.5. The van der Waals surface area contributed by atoms with Gasteiger partial charge in [-0.25, -0.2) is 9.59 Å². The molecule has 6 nitrogen and oxygen atoms in total. The number of ether oxygens (including phenoxy) is 1. The molecule has 0 bridgehead atoms. The second kappa shape index (κ2) is 8.67. The first-order valence-electron chi connectivity index (χ1n) is 7.75. The molecule has 6 heteroatoms. The van der Waals surface area contributed by atoms with Crippen LogP contribution in [0.4, 0.5) is 4.79 Å². The second-order valence-electron chi connectivity index (χ2n) is 5.58. The maximum Gasteiger partial charge on any atom is 0.338 e. The molecule has 0 saturated heterocycles. The van der Waals surface area contributed by atoms with Gasteiger partial charge in [0, 0.05) is 18.8 Å². The Morgan fingerprint density at radius 2 is 1.88 bits per heavy atom. The Morgan fingerprint density at radius 3 is 2.50 bits per heavy atom. The average Bonchev–Trinajstić information content (AvgIpc) is 2.58. The Labute approximate surface area is 141 Å². The number of urea groups is 1. The van der Waals surface area contributed by atoms with Crippen molar-refractivity contribution in [1.29, 1.82) is 0 Å². The van der Waals surface area contributed by atoms with Crippen LogP contribution < -0.4 is 10.6 Å². The van der Waals surface area contributed by atoms with Crippen molar-refractivity contribution in [1.82, 2.24) is 15.6 Å². The minimum Gasteiger partial charge on any atom is -0.456 e. The van der Waals surface area contributed by atoms with Crippen LogP contribution >= 0.6 is 0 Å². The minimum atomic E-state index is -0.405. The molecular weight excluding hydrogens is 306 g/mol. The number of carbonyl (C=O) groups is 2. The van der Waals surface area contributed by atoms with E-state index < -0.39 is 5.97 Å². The molecule has 0 atom stereocenters. The zero-order valence-electron chi connectivity index (χ0n) is 13.8. The number of rotatable bonds is 6. The molecule has 1 aromatic carbocycles. The van der Waals surface area contributed by atoms with Gasteiger partial charge in [0.2, 0.25) is 0 Å². The van der Waals surface area contributed by atoms with Crippen LogP contribution in [-0.4, -0.2) is 23.0 Å². The molecule has 0 unspecified atom stereocenters. The van der Waals surface area contributed by atoms with E-state index in [9.17, 15) is 9.59 Å². The Hall–Kier alpha value is -2.89. The molecule has 0 fully saturated rings. The molecule has 0 aliphatic heterocycles. The van der Waals surface area contributed by atoms with E-state index >= 15 is 0 Å². The van der Waals surface area contributed by atoms with Crippen LogP contribution in [0.25, 0.3) is 0 Å². The first-order valence-corrected chi connectivity index (χ1v) is 7.75. The zero-order valence-corrected chi connectivity index (χ0v) is 13.8. The number of pyridine rings is 1. The zero-order chi connectivity index (χ0) is 17.4. The van der Waals surface area contributed by atoms with Gasteiger partial charge in [-0.15, -0.1) is 0 Å².